The number of nitrogens with zero attached hydrogens (tertiary/aromatic N) is 1. The molecule has 0 heterocycles. The smallest absolute Gasteiger partial charge is 0.144 e. The van der Waals surface area contributed by atoms with Gasteiger partial charge in [0, 0.05) is 25.2 Å². The van der Waals surface area contributed by atoms with Crippen molar-refractivity contribution in [3.8, 4) is 0 Å². The van der Waals surface area contributed by atoms with Crippen LogP contribution >= 0.6 is 15.9 Å². The largest absolute Gasteiger partial charge is 0.316 e. The van der Waals surface area contributed by atoms with Crippen molar-refractivity contribution in [2.24, 2.45) is 0 Å². The van der Waals surface area contributed by atoms with E-state index in [-0.39, 0.29) is 5.56 Å². The molecule has 2 nitrogen and oxygen atoms in total. The van der Waals surface area contributed by atoms with E-state index in [1.54, 1.807) is 0 Å². The summed E-state index contributed by atoms with van der Waals surface area (Å²) < 4.78 is 27.7. The van der Waals surface area contributed by atoms with Crippen LogP contribution in [0.15, 0.2) is 16.6 Å². The lowest BCUT2D eigenvalue weighted by atomic mass is 10.2. The first-order valence-electron chi connectivity index (χ1n) is 6.15. The summed E-state index contributed by atoms with van der Waals surface area (Å²) >= 11 is 3.08. The van der Waals surface area contributed by atoms with E-state index < -0.39 is 11.6 Å². The van der Waals surface area contributed by atoms with Crippen LogP contribution in [0.3, 0.4) is 0 Å². The highest BCUT2D eigenvalue weighted by Gasteiger charge is 2.15. The highest BCUT2D eigenvalue weighted by atomic mass is 79.9. The average Bonchev–Trinajstić information content (AvgIpc) is 2.37. The summed E-state index contributed by atoms with van der Waals surface area (Å²) in [5.41, 5.74) is 0.128. The summed E-state index contributed by atoms with van der Waals surface area (Å²) in [6, 6.07) is 2.68. The molecule has 0 aliphatic heterocycles. The molecule has 0 fully saturated rings. The minimum Gasteiger partial charge on any atom is -0.316 e. The van der Waals surface area contributed by atoms with Crippen molar-refractivity contribution in [3.05, 3.63) is 33.8 Å². The number of likely N-dealkylation sites (N-methyl/N-ethyl adjacent to an activating group) is 2. The third-order valence-corrected chi connectivity index (χ3v) is 3.44. The Kier molecular flexibility index (Phi) is 6.75. The normalized spacial score (nSPS) is 11.2. The van der Waals surface area contributed by atoms with Crippen LogP contribution in [0.1, 0.15) is 19.4 Å². The Bertz CT molecular complexity index is 385. The summed E-state index contributed by atoms with van der Waals surface area (Å²) in [7, 11) is 0. The number of hydrogen-bond acceptors (Lipinski definition) is 2. The molecule has 0 unspecified atom stereocenters. The molecule has 1 rings (SSSR count). The SMILES string of the molecule is CCNCCN(CC)Cc1c(F)ccc(Br)c1F. The van der Waals surface area contributed by atoms with Gasteiger partial charge in [0.15, 0.2) is 0 Å². The van der Waals surface area contributed by atoms with E-state index in [4.69, 9.17) is 0 Å². The van der Waals surface area contributed by atoms with Gasteiger partial charge in [-0.2, -0.15) is 0 Å². The molecule has 0 aliphatic rings. The summed E-state index contributed by atoms with van der Waals surface area (Å²) in [5.74, 6) is -0.991. The Balaban J connectivity index is 2.72. The third-order valence-electron chi connectivity index (χ3n) is 2.82. The molecule has 102 valence electrons. The second kappa shape index (κ2) is 7.81. The van der Waals surface area contributed by atoms with E-state index in [9.17, 15) is 8.78 Å². The molecule has 0 spiro atoms. The zero-order valence-electron chi connectivity index (χ0n) is 10.8. The van der Waals surface area contributed by atoms with E-state index in [2.05, 4.69) is 21.2 Å². The highest BCUT2D eigenvalue weighted by molar-refractivity contribution is 9.10. The van der Waals surface area contributed by atoms with Crippen LogP contribution in [0.4, 0.5) is 8.78 Å². The molecule has 0 aliphatic carbocycles. The fraction of sp³-hybridized carbons (Fsp3) is 0.538. The molecular weight excluding hydrogens is 302 g/mol. The Morgan fingerprint density at radius 2 is 2.00 bits per heavy atom. The van der Waals surface area contributed by atoms with Crippen LogP contribution < -0.4 is 5.32 Å². The van der Waals surface area contributed by atoms with Gasteiger partial charge in [0.05, 0.1) is 4.47 Å². The first-order valence-corrected chi connectivity index (χ1v) is 6.94. The summed E-state index contributed by atoms with van der Waals surface area (Å²) in [6.45, 7) is 7.56. The molecule has 1 aromatic rings. The summed E-state index contributed by atoms with van der Waals surface area (Å²) in [4.78, 5) is 2.01. The van der Waals surface area contributed by atoms with Gasteiger partial charge in [0.1, 0.15) is 11.6 Å². The van der Waals surface area contributed by atoms with Crippen molar-refractivity contribution in [3.63, 3.8) is 0 Å². The van der Waals surface area contributed by atoms with Gasteiger partial charge in [-0.15, -0.1) is 0 Å². The zero-order valence-corrected chi connectivity index (χ0v) is 12.4. The third kappa shape index (κ3) is 4.30. The molecule has 0 aromatic heterocycles. The van der Waals surface area contributed by atoms with Crippen LogP contribution in [0.5, 0.6) is 0 Å². The molecule has 0 saturated carbocycles. The maximum Gasteiger partial charge on any atom is 0.144 e. The van der Waals surface area contributed by atoms with Crippen LogP contribution in [-0.2, 0) is 6.54 Å². The summed E-state index contributed by atoms with van der Waals surface area (Å²) in [6.07, 6.45) is 0. The van der Waals surface area contributed by atoms with Gasteiger partial charge in [0.2, 0.25) is 0 Å². The van der Waals surface area contributed by atoms with Crippen LogP contribution in [0.25, 0.3) is 0 Å². The number of hydrogen-bond donors (Lipinski definition) is 1. The van der Waals surface area contributed by atoms with E-state index >= 15 is 0 Å². The lowest BCUT2D eigenvalue weighted by Gasteiger charge is -2.21. The molecule has 0 radical (unpaired) electrons. The first kappa shape index (κ1) is 15.5. The van der Waals surface area contributed by atoms with E-state index in [0.29, 0.717) is 11.0 Å². The van der Waals surface area contributed by atoms with Crippen molar-refractivity contribution in [1.82, 2.24) is 10.2 Å². The first-order chi connectivity index (χ1) is 8.60. The lowest BCUT2D eigenvalue weighted by Crippen LogP contribution is -2.32. The predicted octanol–water partition coefficient (Wildman–Crippen LogP) is 3.16. The van der Waals surface area contributed by atoms with E-state index in [1.807, 2.05) is 18.7 Å². The van der Waals surface area contributed by atoms with Gasteiger partial charge in [-0.1, -0.05) is 13.8 Å². The molecule has 18 heavy (non-hydrogen) atoms. The minimum atomic E-state index is -0.503. The van der Waals surface area contributed by atoms with Gasteiger partial charge in [-0.25, -0.2) is 8.78 Å². The van der Waals surface area contributed by atoms with Gasteiger partial charge in [-0.05, 0) is 41.2 Å². The molecule has 0 saturated heterocycles. The maximum atomic E-state index is 13.8. The Morgan fingerprint density at radius 3 is 2.61 bits per heavy atom. The van der Waals surface area contributed by atoms with Crippen LogP contribution in [0, 0.1) is 11.6 Å². The highest BCUT2D eigenvalue weighted by Crippen LogP contribution is 2.22. The molecule has 1 N–H and O–H groups in total. The van der Waals surface area contributed by atoms with Crippen molar-refractivity contribution in [2.45, 2.75) is 20.4 Å². The lowest BCUT2D eigenvalue weighted by molar-refractivity contribution is 0.271. The fourth-order valence-electron chi connectivity index (χ4n) is 1.70. The molecule has 1 aromatic carbocycles. The van der Waals surface area contributed by atoms with Crippen LogP contribution in [0.2, 0.25) is 0 Å². The van der Waals surface area contributed by atoms with Gasteiger partial charge >= 0.3 is 0 Å². The minimum absolute atomic E-state index is 0.128. The molecule has 5 heteroatoms. The van der Waals surface area contributed by atoms with E-state index in [1.165, 1.54) is 12.1 Å². The number of nitrogens with one attached hydrogen (secondary N) is 1. The second-order valence-corrected chi connectivity index (χ2v) is 4.90. The topological polar surface area (TPSA) is 15.3 Å². The fourth-order valence-corrected chi connectivity index (χ4v) is 2.07. The Morgan fingerprint density at radius 1 is 1.28 bits per heavy atom. The van der Waals surface area contributed by atoms with Crippen LogP contribution in [-0.4, -0.2) is 31.1 Å². The number of rotatable bonds is 7. The van der Waals surface area contributed by atoms with Crippen molar-refractivity contribution in [1.29, 1.82) is 0 Å². The zero-order chi connectivity index (χ0) is 13.5. The number of halogens is 3. The standard InChI is InChI=1S/C13H19BrF2N2/c1-3-17-7-8-18(4-2)9-10-12(15)6-5-11(14)13(10)16/h5-6,17H,3-4,7-9H2,1-2H3. The second-order valence-electron chi connectivity index (χ2n) is 4.04. The molecule has 0 atom stereocenters. The maximum absolute atomic E-state index is 13.8. The number of benzene rings is 1. The van der Waals surface area contributed by atoms with Crippen molar-refractivity contribution >= 4 is 15.9 Å². The Labute approximate surface area is 115 Å². The monoisotopic (exact) mass is 320 g/mol. The summed E-state index contributed by atoms with van der Waals surface area (Å²) in [5, 5.41) is 3.20. The van der Waals surface area contributed by atoms with Gasteiger partial charge in [-0.3, -0.25) is 4.90 Å². The van der Waals surface area contributed by atoms with E-state index in [0.717, 1.165) is 26.2 Å². The molecular formula is C13H19BrF2N2. The molecule has 0 amide bonds. The quantitative estimate of drug-likeness (QED) is 0.613. The van der Waals surface area contributed by atoms with Crippen molar-refractivity contribution in [2.75, 3.05) is 26.2 Å². The Hall–Kier alpha value is -0.520. The van der Waals surface area contributed by atoms with Gasteiger partial charge in [0.25, 0.3) is 0 Å². The predicted molar refractivity (Wildman–Crippen MR) is 73.6 cm³/mol. The van der Waals surface area contributed by atoms with Gasteiger partial charge < -0.3 is 5.32 Å². The van der Waals surface area contributed by atoms with Crippen molar-refractivity contribution < 1.29 is 8.78 Å². The average molecular weight is 321 g/mol. The molecule has 0 bridgehead atoms.